The first-order valence-corrected chi connectivity index (χ1v) is 7.48. The Labute approximate surface area is 128 Å². The van der Waals surface area contributed by atoms with E-state index in [0.29, 0.717) is 6.61 Å². The summed E-state index contributed by atoms with van der Waals surface area (Å²) in [5.41, 5.74) is 2.43. The second kappa shape index (κ2) is 6.91. The van der Waals surface area contributed by atoms with Crippen molar-refractivity contribution >= 4 is 22.6 Å². The molecule has 0 bridgehead atoms. The van der Waals surface area contributed by atoms with Crippen LogP contribution in [0.2, 0.25) is 0 Å². The summed E-state index contributed by atoms with van der Waals surface area (Å²) in [6.45, 7) is 2.69. The highest BCUT2D eigenvalue weighted by Gasteiger charge is 2.16. The molecule has 2 aromatic carbocycles. The lowest BCUT2D eigenvalue weighted by Crippen LogP contribution is -2.18. The molecule has 2 aromatic rings. The van der Waals surface area contributed by atoms with Crippen LogP contribution in [0.5, 0.6) is 5.75 Å². The molecule has 2 rings (SSSR count). The summed E-state index contributed by atoms with van der Waals surface area (Å²) in [7, 11) is 1.98. The molecule has 1 N–H and O–H groups in total. The van der Waals surface area contributed by atoms with Crippen LogP contribution >= 0.6 is 22.6 Å². The maximum Gasteiger partial charge on any atom is 0.124 e. The molecule has 2 nitrogen and oxygen atoms in total. The van der Waals surface area contributed by atoms with Gasteiger partial charge in [0, 0.05) is 9.13 Å². The topological polar surface area (TPSA) is 21.3 Å². The third kappa shape index (κ3) is 3.48. The van der Waals surface area contributed by atoms with E-state index >= 15 is 0 Å². The lowest BCUT2D eigenvalue weighted by Gasteiger charge is -2.20. The number of benzene rings is 2. The van der Waals surface area contributed by atoms with Crippen LogP contribution in [0.15, 0.2) is 48.5 Å². The molecule has 1 unspecified atom stereocenters. The van der Waals surface area contributed by atoms with Gasteiger partial charge in [-0.1, -0.05) is 30.3 Å². The Hall–Kier alpha value is -1.07. The lowest BCUT2D eigenvalue weighted by molar-refractivity contribution is 0.334. The number of hydrogen-bond acceptors (Lipinski definition) is 2. The van der Waals surface area contributed by atoms with Crippen LogP contribution in [0.25, 0.3) is 0 Å². The molecular weight excluding hydrogens is 349 g/mol. The predicted molar refractivity (Wildman–Crippen MR) is 87.7 cm³/mol. The van der Waals surface area contributed by atoms with E-state index in [2.05, 4.69) is 64.3 Å². The quantitative estimate of drug-likeness (QED) is 0.807. The number of nitrogens with one attached hydrogen (secondary N) is 1. The fourth-order valence-electron chi connectivity index (χ4n) is 2.19. The van der Waals surface area contributed by atoms with E-state index in [1.165, 1.54) is 14.7 Å². The van der Waals surface area contributed by atoms with Crippen LogP contribution in [0.3, 0.4) is 0 Å². The van der Waals surface area contributed by atoms with Crippen LogP contribution in [0.4, 0.5) is 0 Å². The first-order chi connectivity index (χ1) is 9.26. The largest absolute Gasteiger partial charge is 0.494 e. The van der Waals surface area contributed by atoms with Gasteiger partial charge < -0.3 is 10.1 Å². The highest BCUT2D eigenvalue weighted by Crippen LogP contribution is 2.30. The van der Waals surface area contributed by atoms with Gasteiger partial charge in [-0.05, 0) is 60.3 Å². The Kier molecular flexibility index (Phi) is 5.22. The Balaban J connectivity index is 2.42. The van der Waals surface area contributed by atoms with Crippen LogP contribution in [-0.2, 0) is 0 Å². The summed E-state index contributed by atoms with van der Waals surface area (Å²) < 4.78 is 6.97. The Morgan fingerprint density at radius 3 is 2.63 bits per heavy atom. The predicted octanol–water partition coefficient (Wildman–Crippen LogP) is 4.00. The molecule has 0 aromatic heterocycles. The van der Waals surface area contributed by atoms with Crippen molar-refractivity contribution in [3.63, 3.8) is 0 Å². The molecule has 0 heterocycles. The van der Waals surface area contributed by atoms with Crippen LogP contribution in [-0.4, -0.2) is 13.7 Å². The van der Waals surface area contributed by atoms with E-state index in [0.717, 1.165) is 5.75 Å². The van der Waals surface area contributed by atoms with Crippen molar-refractivity contribution < 1.29 is 4.74 Å². The normalized spacial score (nSPS) is 12.2. The highest BCUT2D eigenvalue weighted by molar-refractivity contribution is 14.1. The molecule has 1 atom stereocenters. The average Bonchev–Trinajstić information content (AvgIpc) is 2.42. The molecule has 0 aliphatic rings. The Morgan fingerprint density at radius 2 is 1.95 bits per heavy atom. The molecule has 0 aliphatic carbocycles. The molecule has 19 heavy (non-hydrogen) atoms. The number of hydrogen-bond donors (Lipinski definition) is 1. The molecule has 3 heteroatoms. The summed E-state index contributed by atoms with van der Waals surface area (Å²) >= 11 is 2.34. The molecular formula is C16H18INO. The molecule has 0 aliphatic heterocycles. The van der Waals surface area contributed by atoms with E-state index in [9.17, 15) is 0 Å². The van der Waals surface area contributed by atoms with E-state index in [1.807, 2.05) is 26.1 Å². The lowest BCUT2D eigenvalue weighted by atomic mass is 9.98. The third-order valence-electron chi connectivity index (χ3n) is 3.00. The van der Waals surface area contributed by atoms with Gasteiger partial charge in [0.05, 0.1) is 12.6 Å². The maximum absolute atomic E-state index is 5.73. The summed E-state index contributed by atoms with van der Waals surface area (Å²) in [6, 6.07) is 16.9. The minimum absolute atomic E-state index is 0.150. The monoisotopic (exact) mass is 367 g/mol. The molecule has 0 saturated heterocycles. The van der Waals surface area contributed by atoms with Crippen molar-refractivity contribution in [2.45, 2.75) is 13.0 Å². The number of ether oxygens (including phenoxy) is 1. The zero-order valence-corrected chi connectivity index (χ0v) is 13.3. The van der Waals surface area contributed by atoms with Crippen molar-refractivity contribution in [3.8, 4) is 5.75 Å². The molecule has 0 spiro atoms. The molecule has 0 saturated carbocycles. The van der Waals surface area contributed by atoms with Crippen molar-refractivity contribution in [2.24, 2.45) is 0 Å². The molecule has 0 radical (unpaired) electrons. The van der Waals surface area contributed by atoms with Gasteiger partial charge in [-0.2, -0.15) is 0 Å². The SMILES string of the molecule is CCOc1ccccc1C(NC)c1cccc(I)c1. The Bertz CT molecular complexity index is 542. The van der Waals surface area contributed by atoms with Crippen LogP contribution < -0.4 is 10.1 Å². The summed E-state index contributed by atoms with van der Waals surface area (Å²) in [5.74, 6) is 0.947. The first-order valence-electron chi connectivity index (χ1n) is 6.40. The van der Waals surface area contributed by atoms with Gasteiger partial charge in [0.1, 0.15) is 5.75 Å². The smallest absolute Gasteiger partial charge is 0.124 e. The van der Waals surface area contributed by atoms with Gasteiger partial charge in [0.15, 0.2) is 0 Å². The second-order valence-electron chi connectivity index (χ2n) is 4.25. The van der Waals surface area contributed by atoms with Crippen molar-refractivity contribution in [1.82, 2.24) is 5.32 Å². The second-order valence-corrected chi connectivity index (χ2v) is 5.49. The number of halogens is 1. The van der Waals surface area contributed by atoms with Gasteiger partial charge in [0.2, 0.25) is 0 Å². The van der Waals surface area contributed by atoms with Crippen molar-refractivity contribution in [2.75, 3.05) is 13.7 Å². The third-order valence-corrected chi connectivity index (χ3v) is 3.67. The van der Waals surface area contributed by atoms with Crippen molar-refractivity contribution in [3.05, 3.63) is 63.2 Å². The highest BCUT2D eigenvalue weighted by atomic mass is 127. The van der Waals surface area contributed by atoms with Crippen LogP contribution in [0, 0.1) is 3.57 Å². The number of rotatable bonds is 5. The minimum atomic E-state index is 0.150. The van der Waals surface area contributed by atoms with Crippen LogP contribution in [0.1, 0.15) is 24.1 Å². The molecule has 0 amide bonds. The zero-order chi connectivity index (χ0) is 13.7. The first kappa shape index (κ1) is 14.3. The van der Waals surface area contributed by atoms with Crippen molar-refractivity contribution in [1.29, 1.82) is 0 Å². The fourth-order valence-corrected chi connectivity index (χ4v) is 2.76. The fraction of sp³-hybridized carbons (Fsp3) is 0.250. The molecule has 0 fully saturated rings. The number of para-hydroxylation sites is 1. The summed E-state index contributed by atoms with van der Waals surface area (Å²) in [6.07, 6.45) is 0. The van der Waals surface area contributed by atoms with Gasteiger partial charge in [-0.15, -0.1) is 0 Å². The van der Waals surface area contributed by atoms with Gasteiger partial charge in [-0.3, -0.25) is 0 Å². The summed E-state index contributed by atoms with van der Waals surface area (Å²) in [4.78, 5) is 0. The minimum Gasteiger partial charge on any atom is -0.494 e. The van der Waals surface area contributed by atoms with E-state index in [4.69, 9.17) is 4.74 Å². The van der Waals surface area contributed by atoms with Gasteiger partial charge >= 0.3 is 0 Å². The zero-order valence-electron chi connectivity index (χ0n) is 11.2. The average molecular weight is 367 g/mol. The van der Waals surface area contributed by atoms with Gasteiger partial charge in [0.25, 0.3) is 0 Å². The van der Waals surface area contributed by atoms with E-state index < -0.39 is 0 Å². The van der Waals surface area contributed by atoms with Gasteiger partial charge in [-0.25, -0.2) is 0 Å². The standard InChI is InChI=1S/C16H18INO/c1-3-19-15-10-5-4-9-14(15)16(18-2)12-7-6-8-13(17)11-12/h4-11,16,18H,3H2,1-2H3. The van der Waals surface area contributed by atoms with E-state index in [1.54, 1.807) is 0 Å². The van der Waals surface area contributed by atoms with E-state index in [-0.39, 0.29) is 6.04 Å². The summed E-state index contributed by atoms with van der Waals surface area (Å²) in [5, 5.41) is 3.38. The maximum atomic E-state index is 5.73. The molecule has 100 valence electrons. The Morgan fingerprint density at radius 1 is 1.16 bits per heavy atom.